The van der Waals surface area contributed by atoms with Crippen LogP contribution >= 0.6 is 24.0 Å². The maximum Gasteiger partial charge on any atom is 0.189 e. The molecule has 6 heteroatoms. The highest BCUT2D eigenvalue weighted by molar-refractivity contribution is 14.0. The summed E-state index contributed by atoms with van der Waals surface area (Å²) >= 11 is 0. The molecule has 2 atom stereocenters. The number of aliphatic imine (C=N–C) groups is 1. The molecule has 3 rings (SSSR count). The van der Waals surface area contributed by atoms with Crippen molar-refractivity contribution in [3.63, 3.8) is 0 Å². The standard InChI is InChI=1S/C18H28N4O.HI/c1-2-10-22-11-5-6-14(22)13-20-18(19)21-16-9-12-23-17-8-4-3-7-15(16)17;/h3-4,7-8,14,16H,2,5-6,9-13H2,1H3,(H3,19,20,21);1H/t14-,16?;/m0./s1. The number of benzene rings is 1. The Morgan fingerprint density at radius 3 is 3.04 bits per heavy atom. The van der Waals surface area contributed by atoms with Crippen molar-refractivity contribution in [2.75, 3.05) is 26.2 Å². The first-order chi connectivity index (χ1) is 11.3. The van der Waals surface area contributed by atoms with Crippen molar-refractivity contribution >= 4 is 29.9 Å². The molecule has 1 aromatic rings. The average Bonchev–Trinajstić information content (AvgIpc) is 3.01. The minimum Gasteiger partial charge on any atom is -0.493 e. The van der Waals surface area contributed by atoms with E-state index in [1.54, 1.807) is 0 Å². The minimum absolute atomic E-state index is 0. The zero-order valence-electron chi connectivity index (χ0n) is 14.4. The van der Waals surface area contributed by atoms with Crippen LogP contribution < -0.4 is 15.8 Å². The lowest BCUT2D eigenvalue weighted by Crippen LogP contribution is -2.39. The van der Waals surface area contributed by atoms with Gasteiger partial charge in [0.05, 0.1) is 19.2 Å². The molecule has 0 radical (unpaired) electrons. The fourth-order valence-electron chi connectivity index (χ4n) is 3.60. The Labute approximate surface area is 162 Å². The van der Waals surface area contributed by atoms with Crippen molar-refractivity contribution in [2.45, 2.75) is 44.7 Å². The molecular weight excluding hydrogens is 415 g/mol. The van der Waals surface area contributed by atoms with Gasteiger partial charge in [0.25, 0.3) is 0 Å². The molecule has 24 heavy (non-hydrogen) atoms. The SMILES string of the molecule is CCCN1CCC[C@H]1CN=C(N)NC1CCOc2ccccc21.I. The van der Waals surface area contributed by atoms with E-state index in [1.807, 2.05) is 18.2 Å². The molecule has 134 valence electrons. The number of nitrogens with one attached hydrogen (secondary N) is 1. The highest BCUT2D eigenvalue weighted by Gasteiger charge is 2.24. The summed E-state index contributed by atoms with van der Waals surface area (Å²) < 4.78 is 5.69. The van der Waals surface area contributed by atoms with E-state index < -0.39 is 0 Å². The number of halogens is 1. The number of fused-ring (bicyclic) bond motifs is 1. The number of nitrogens with two attached hydrogens (primary N) is 1. The van der Waals surface area contributed by atoms with Gasteiger partial charge in [0.15, 0.2) is 5.96 Å². The van der Waals surface area contributed by atoms with E-state index in [4.69, 9.17) is 10.5 Å². The molecule has 5 nitrogen and oxygen atoms in total. The molecule has 3 N–H and O–H groups in total. The number of nitrogens with zero attached hydrogens (tertiary/aromatic N) is 2. The number of para-hydroxylation sites is 1. The van der Waals surface area contributed by atoms with Crippen LogP contribution in [0, 0.1) is 0 Å². The highest BCUT2D eigenvalue weighted by Crippen LogP contribution is 2.31. The third kappa shape index (κ3) is 4.75. The molecule has 0 aliphatic carbocycles. The van der Waals surface area contributed by atoms with Crippen molar-refractivity contribution in [1.82, 2.24) is 10.2 Å². The van der Waals surface area contributed by atoms with Crippen LogP contribution in [0.15, 0.2) is 29.3 Å². The summed E-state index contributed by atoms with van der Waals surface area (Å²) in [7, 11) is 0. The third-order valence-corrected chi connectivity index (χ3v) is 4.76. The van der Waals surface area contributed by atoms with Crippen molar-refractivity contribution in [1.29, 1.82) is 0 Å². The van der Waals surface area contributed by atoms with Gasteiger partial charge in [-0.2, -0.15) is 0 Å². The third-order valence-electron chi connectivity index (χ3n) is 4.76. The second kappa shape index (κ2) is 9.46. The number of rotatable bonds is 5. The predicted octanol–water partition coefficient (Wildman–Crippen LogP) is 2.91. The van der Waals surface area contributed by atoms with E-state index in [2.05, 4.69) is 28.2 Å². The molecule has 0 saturated carbocycles. The Balaban J connectivity index is 0.00000208. The van der Waals surface area contributed by atoms with E-state index in [-0.39, 0.29) is 30.0 Å². The molecule has 1 saturated heterocycles. The molecule has 2 heterocycles. The van der Waals surface area contributed by atoms with Gasteiger partial charge in [-0.1, -0.05) is 25.1 Å². The van der Waals surface area contributed by atoms with Crippen molar-refractivity contribution in [2.24, 2.45) is 10.7 Å². The van der Waals surface area contributed by atoms with Gasteiger partial charge in [-0.25, -0.2) is 0 Å². The van der Waals surface area contributed by atoms with Crippen LogP contribution in [0.4, 0.5) is 0 Å². The summed E-state index contributed by atoms with van der Waals surface area (Å²) in [5, 5.41) is 3.38. The number of likely N-dealkylation sites (tertiary alicyclic amines) is 1. The second-order valence-electron chi connectivity index (χ2n) is 6.43. The zero-order chi connectivity index (χ0) is 16.1. The monoisotopic (exact) mass is 444 g/mol. The summed E-state index contributed by atoms with van der Waals surface area (Å²) in [6.45, 7) is 6.12. The van der Waals surface area contributed by atoms with Gasteiger partial charge >= 0.3 is 0 Å². The van der Waals surface area contributed by atoms with Gasteiger partial charge in [0, 0.05) is 18.0 Å². The lowest BCUT2D eigenvalue weighted by molar-refractivity contribution is 0.258. The lowest BCUT2D eigenvalue weighted by Gasteiger charge is -2.27. The van der Waals surface area contributed by atoms with Crippen molar-refractivity contribution < 1.29 is 4.74 Å². The average molecular weight is 444 g/mol. The summed E-state index contributed by atoms with van der Waals surface area (Å²) in [6.07, 6.45) is 4.63. The molecule has 0 spiro atoms. The highest BCUT2D eigenvalue weighted by atomic mass is 127. The van der Waals surface area contributed by atoms with Crippen molar-refractivity contribution in [3.8, 4) is 5.75 Å². The van der Waals surface area contributed by atoms with E-state index >= 15 is 0 Å². The minimum atomic E-state index is 0. The van der Waals surface area contributed by atoms with Crippen LogP contribution in [0.2, 0.25) is 0 Å². The fourth-order valence-corrected chi connectivity index (χ4v) is 3.60. The Kier molecular flexibility index (Phi) is 7.61. The van der Waals surface area contributed by atoms with Crippen LogP contribution in [0.3, 0.4) is 0 Å². The van der Waals surface area contributed by atoms with E-state index in [0.717, 1.165) is 25.3 Å². The van der Waals surface area contributed by atoms with Crippen molar-refractivity contribution in [3.05, 3.63) is 29.8 Å². The molecule has 1 aromatic carbocycles. The maximum atomic E-state index is 6.14. The van der Waals surface area contributed by atoms with Crippen LogP contribution in [-0.4, -0.2) is 43.1 Å². The molecule has 0 bridgehead atoms. The number of guanidine groups is 1. The topological polar surface area (TPSA) is 62.9 Å². The fraction of sp³-hybridized carbons (Fsp3) is 0.611. The zero-order valence-corrected chi connectivity index (χ0v) is 16.7. The van der Waals surface area contributed by atoms with Gasteiger partial charge in [0.2, 0.25) is 0 Å². The second-order valence-corrected chi connectivity index (χ2v) is 6.43. The molecule has 2 aliphatic heterocycles. The summed E-state index contributed by atoms with van der Waals surface area (Å²) in [5.41, 5.74) is 7.31. The van der Waals surface area contributed by atoms with Gasteiger partial charge in [0.1, 0.15) is 5.75 Å². The van der Waals surface area contributed by atoms with Gasteiger partial charge in [-0.15, -0.1) is 24.0 Å². The van der Waals surface area contributed by atoms with Gasteiger partial charge in [-0.05, 0) is 38.4 Å². The summed E-state index contributed by atoms with van der Waals surface area (Å²) in [4.78, 5) is 7.15. The first-order valence-corrected chi connectivity index (χ1v) is 8.80. The Morgan fingerprint density at radius 1 is 1.38 bits per heavy atom. The summed E-state index contributed by atoms with van der Waals surface area (Å²) in [6, 6.07) is 8.89. The molecule has 0 amide bonds. The molecular formula is C18H29IN4O. The predicted molar refractivity (Wildman–Crippen MR) is 109 cm³/mol. The van der Waals surface area contributed by atoms with E-state index in [0.29, 0.717) is 12.0 Å². The van der Waals surface area contributed by atoms with Crippen LogP contribution in [0.1, 0.15) is 44.2 Å². The van der Waals surface area contributed by atoms with Crippen LogP contribution in [0.25, 0.3) is 0 Å². The molecule has 1 unspecified atom stereocenters. The van der Waals surface area contributed by atoms with Crippen LogP contribution in [0.5, 0.6) is 5.75 Å². The van der Waals surface area contributed by atoms with Gasteiger partial charge < -0.3 is 15.8 Å². The first-order valence-electron chi connectivity index (χ1n) is 8.80. The van der Waals surface area contributed by atoms with Gasteiger partial charge in [-0.3, -0.25) is 9.89 Å². The van der Waals surface area contributed by atoms with Crippen LogP contribution in [-0.2, 0) is 0 Å². The normalized spacial score (nSPS) is 24.0. The lowest BCUT2D eigenvalue weighted by atomic mass is 10.0. The molecule has 0 aromatic heterocycles. The molecule has 1 fully saturated rings. The van der Waals surface area contributed by atoms with E-state index in [1.165, 1.54) is 37.9 Å². The summed E-state index contributed by atoms with van der Waals surface area (Å²) in [5.74, 6) is 1.50. The quantitative estimate of drug-likeness (QED) is 0.417. The van der Waals surface area contributed by atoms with E-state index in [9.17, 15) is 0 Å². The Bertz CT molecular complexity index is 552. The Morgan fingerprint density at radius 2 is 2.21 bits per heavy atom. The first kappa shape index (κ1) is 19.3. The maximum absolute atomic E-state index is 6.14. The number of ether oxygens (including phenoxy) is 1. The largest absolute Gasteiger partial charge is 0.493 e. The number of hydrogen-bond acceptors (Lipinski definition) is 3. The Hall–Kier alpha value is -1.02. The molecule has 2 aliphatic rings. The smallest absolute Gasteiger partial charge is 0.189 e. The number of hydrogen-bond donors (Lipinski definition) is 2.